The topological polar surface area (TPSA) is 89.2 Å². The van der Waals surface area contributed by atoms with Gasteiger partial charge in [-0.2, -0.15) is 4.31 Å². The van der Waals surface area contributed by atoms with Gasteiger partial charge >= 0.3 is 0 Å². The van der Waals surface area contributed by atoms with Crippen molar-refractivity contribution in [1.29, 1.82) is 0 Å². The second-order valence-electron chi connectivity index (χ2n) is 5.20. The fourth-order valence-electron chi connectivity index (χ4n) is 2.38. The van der Waals surface area contributed by atoms with Gasteiger partial charge in [-0.15, -0.1) is 0 Å². The Bertz CT molecular complexity index is 839. The van der Waals surface area contributed by atoms with E-state index in [1.165, 1.54) is 10.4 Å². The van der Waals surface area contributed by atoms with Gasteiger partial charge in [-0.1, -0.05) is 17.7 Å². The van der Waals surface area contributed by atoms with E-state index in [1.54, 1.807) is 18.3 Å². The molecule has 0 aliphatic carbocycles. The van der Waals surface area contributed by atoms with Crippen LogP contribution in [-0.4, -0.2) is 29.2 Å². The molecule has 3 rings (SSSR count). The van der Waals surface area contributed by atoms with Crippen LogP contribution in [0.4, 0.5) is 5.95 Å². The van der Waals surface area contributed by atoms with Gasteiger partial charge in [0.05, 0.1) is 17.1 Å². The quantitative estimate of drug-likeness (QED) is 0.901. The zero-order valence-electron chi connectivity index (χ0n) is 12.0. The normalized spacial score (nSPS) is 15.5. The number of nitrogens with zero attached hydrogens (tertiary/aromatic N) is 3. The summed E-state index contributed by atoms with van der Waals surface area (Å²) in [5, 5.41) is 0.435. The van der Waals surface area contributed by atoms with Gasteiger partial charge < -0.3 is 5.73 Å². The Kier molecular flexibility index (Phi) is 3.80. The van der Waals surface area contributed by atoms with Crippen LogP contribution < -0.4 is 5.73 Å². The molecule has 2 aromatic rings. The van der Waals surface area contributed by atoms with Crippen LogP contribution in [0.5, 0.6) is 0 Å². The highest BCUT2D eigenvalue weighted by molar-refractivity contribution is 7.89. The lowest BCUT2D eigenvalue weighted by Gasteiger charge is -2.27. The van der Waals surface area contributed by atoms with Gasteiger partial charge in [-0.25, -0.2) is 18.4 Å². The Hall–Kier alpha value is -1.70. The van der Waals surface area contributed by atoms with Crippen LogP contribution >= 0.6 is 11.6 Å². The van der Waals surface area contributed by atoms with Crippen LogP contribution in [0.15, 0.2) is 29.3 Å². The van der Waals surface area contributed by atoms with E-state index < -0.39 is 10.0 Å². The van der Waals surface area contributed by atoms with E-state index in [1.807, 2.05) is 6.92 Å². The first kappa shape index (κ1) is 15.2. The highest BCUT2D eigenvalue weighted by atomic mass is 35.5. The third-order valence-corrected chi connectivity index (χ3v) is 5.96. The number of aryl methyl sites for hydroxylation is 1. The predicted octanol–water partition coefficient (Wildman–Crippen LogP) is 1.77. The number of anilines is 1. The molecular formula is C14H15ClN4O2S. The number of fused-ring (bicyclic) bond motifs is 1. The fraction of sp³-hybridized carbons (Fsp3) is 0.286. The molecule has 2 N–H and O–H groups in total. The maximum Gasteiger partial charge on any atom is 0.243 e. The average Bonchev–Trinajstić information content (AvgIpc) is 2.49. The highest BCUT2D eigenvalue weighted by Crippen LogP contribution is 2.26. The van der Waals surface area contributed by atoms with E-state index in [4.69, 9.17) is 17.3 Å². The summed E-state index contributed by atoms with van der Waals surface area (Å²) >= 11 is 6.04. The van der Waals surface area contributed by atoms with Crippen LogP contribution in [0.25, 0.3) is 0 Å². The van der Waals surface area contributed by atoms with E-state index in [2.05, 4.69) is 9.97 Å². The molecule has 1 aliphatic rings. The first-order chi connectivity index (χ1) is 10.4. The lowest BCUT2D eigenvalue weighted by molar-refractivity contribution is 0.385. The Morgan fingerprint density at radius 3 is 2.86 bits per heavy atom. The second kappa shape index (κ2) is 5.49. The van der Waals surface area contributed by atoms with Gasteiger partial charge in [0.15, 0.2) is 0 Å². The van der Waals surface area contributed by atoms with E-state index in [0.29, 0.717) is 23.7 Å². The van der Waals surface area contributed by atoms with Gasteiger partial charge in [0.2, 0.25) is 16.0 Å². The van der Waals surface area contributed by atoms with Crippen molar-refractivity contribution in [2.75, 3.05) is 12.3 Å². The SMILES string of the molecule is Cc1ccc(S(=O)(=O)N2CCc3cnc(N)nc3C2)cc1Cl. The third-order valence-electron chi connectivity index (χ3n) is 3.71. The molecule has 0 saturated heterocycles. The maximum absolute atomic E-state index is 12.7. The van der Waals surface area contributed by atoms with E-state index in [-0.39, 0.29) is 17.4 Å². The largest absolute Gasteiger partial charge is 0.368 e. The van der Waals surface area contributed by atoms with Gasteiger partial charge in [0.25, 0.3) is 0 Å². The molecule has 6 nitrogen and oxygen atoms in total. The number of aromatic nitrogens is 2. The minimum absolute atomic E-state index is 0.149. The molecule has 1 aliphatic heterocycles. The molecule has 2 heterocycles. The molecule has 0 fully saturated rings. The van der Waals surface area contributed by atoms with Gasteiger partial charge in [0.1, 0.15) is 0 Å². The smallest absolute Gasteiger partial charge is 0.243 e. The van der Waals surface area contributed by atoms with Crippen LogP contribution in [-0.2, 0) is 23.0 Å². The highest BCUT2D eigenvalue weighted by Gasteiger charge is 2.29. The van der Waals surface area contributed by atoms with Crippen molar-refractivity contribution in [3.05, 3.63) is 46.2 Å². The number of rotatable bonds is 2. The summed E-state index contributed by atoms with van der Waals surface area (Å²) in [6.45, 7) is 2.40. The summed E-state index contributed by atoms with van der Waals surface area (Å²) in [6.07, 6.45) is 2.22. The number of hydrogen-bond donors (Lipinski definition) is 1. The Balaban J connectivity index is 1.95. The van der Waals surface area contributed by atoms with Crippen molar-refractivity contribution in [1.82, 2.24) is 14.3 Å². The first-order valence-corrected chi connectivity index (χ1v) is 8.56. The number of nitrogens with two attached hydrogens (primary N) is 1. The summed E-state index contributed by atoms with van der Waals surface area (Å²) in [4.78, 5) is 8.27. The summed E-state index contributed by atoms with van der Waals surface area (Å²) in [7, 11) is -3.61. The summed E-state index contributed by atoms with van der Waals surface area (Å²) < 4.78 is 26.9. The average molecular weight is 339 g/mol. The minimum atomic E-state index is -3.61. The molecule has 22 heavy (non-hydrogen) atoms. The Morgan fingerprint density at radius 1 is 1.36 bits per heavy atom. The Morgan fingerprint density at radius 2 is 2.14 bits per heavy atom. The standard InChI is InChI=1S/C14H15ClN4O2S/c1-9-2-3-11(6-12(9)15)22(20,21)19-5-4-10-7-17-14(16)18-13(10)8-19/h2-3,6-7H,4-5,8H2,1H3,(H2,16,17,18). The number of sulfonamides is 1. The van der Waals surface area contributed by atoms with Crippen molar-refractivity contribution >= 4 is 27.6 Å². The van der Waals surface area contributed by atoms with Gasteiger partial charge in [-0.3, -0.25) is 0 Å². The lowest BCUT2D eigenvalue weighted by Crippen LogP contribution is -2.36. The molecule has 0 atom stereocenters. The van der Waals surface area contributed by atoms with Crippen molar-refractivity contribution in [3.63, 3.8) is 0 Å². The van der Waals surface area contributed by atoms with Crippen molar-refractivity contribution in [2.24, 2.45) is 0 Å². The van der Waals surface area contributed by atoms with Crippen LogP contribution in [0.1, 0.15) is 16.8 Å². The zero-order chi connectivity index (χ0) is 15.9. The summed E-state index contributed by atoms with van der Waals surface area (Å²) in [5.41, 5.74) is 8.00. The van der Waals surface area contributed by atoms with Crippen LogP contribution in [0, 0.1) is 6.92 Å². The van der Waals surface area contributed by atoms with E-state index in [9.17, 15) is 8.42 Å². The van der Waals surface area contributed by atoms with E-state index >= 15 is 0 Å². The van der Waals surface area contributed by atoms with E-state index in [0.717, 1.165) is 11.1 Å². The molecule has 0 unspecified atom stereocenters. The third kappa shape index (κ3) is 2.67. The van der Waals surface area contributed by atoms with Gasteiger partial charge in [-0.05, 0) is 36.6 Å². The fourth-order valence-corrected chi connectivity index (χ4v) is 4.06. The summed E-state index contributed by atoms with van der Waals surface area (Å²) in [5.74, 6) is 0.149. The predicted molar refractivity (Wildman–Crippen MR) is 83.9 cm³/mol. The lowest BCUT2D eigenvalue weighted by atomic mass is 10.1. The van der Waals surface area contributed by atoms with Crippen LogP contribution in [0.3, 0.4) is 0 Å². The molecule has 0 saturated carbocycles. The summed E-state index contributed by atoms with van der Waals surface area (Å²) in [6, 6.07) is 4.75. The number of nitrogen functional groups attached to an aromatic ring is 1. The first-order valence-electron chi connectivity index (χ1n) is 6.74. The van der Waals surface area contributed by atoms with Crippen molar-refractivity contribution in [3.8, 4) is 0 Å². The molecule has 0 amide bonds. The molecule has 116 valence electrons. The molecule has 8 heteroatoms. The van der Waals surface area contributed by atoms with Crippen molar-refractivity contribution < 1.29 is 8.42 Å². The van der Waals surface area contributed by atoms with Crippen LogP contribution in [0.2, 0.25) is 5.02 Å². The van der Waals surface area contributed by atoms with Crippen molar-refractivity contribution in [2.45, 2.75) is 24.8 Å². The minimum Gasteiger partial charge on any atom is -0.368 e. The Labute approximate surface area is 134 Å². The zero-order valence-corrected chi connectivity index (χ0v) is 13.5. The molecule has 0 bridgehead atoms. The molecular weight excluding hydrogens is 324 g/mol. The molecule has 0 radical (unpaired) electrons. The molecule has 1 aromatic carbocycles. The monoisotopic (exact) mass is 338 g/mol. The maximum atomic E-state index is 12.7. The number of hydrogen-bond acceptors (Lipinski definition) is 5. The molecule has 0 spiro atoms. The van der Waals surface area contributed by atoms with Gasteiger partial charge in [0, 0.05) is 17.8 Å². The second-order valence-corrected chi connectivity index (χ2v) is 7.54. The number of benzene rings is 1. The number of halogens is 1. The molecule has 1 aromatic heterocycles.